The van der Waals surface area contributed by atoms with Crippen LogP contribution in [0.1, 0.15) is 11.3 Å². The van der Waals surface area contributed by atoms with Gasteiger partial charge in [-0.15, -0.1) is 11.3 Å². The first kappa shape index (κ1) is 21.6. The van der Waals surface area contributed by atoms with Gasteiger partial charge in [-0.2, -0.15) is 4.31 Å². The molecule has 1 aliphatic heterocycles. The fourth-order valence-electron chi connectivity index (χ4n) is 3.15. The third-order valence-electron chi connectivity index (χ3n) is 4.82. The number of aromatic nitrogens is 2. The summed E-state index contributed by atoms with van der Waals surface area (Å²) in [7, 11) is -3.52. The number of hydrogen-bond acceptors (Lipinski definition) is 7. The minimum absolute atomic E-state index is 0.145. The topological polar surface area (TPSA) is 101 Å². The van der Waals surface area contributed by atoms with Gasteiger partial charge in [0.2, 0.25) is 15.9 Å². The highest BCUT2D eigenvalue weighted by Gasteiger charge is 2.26. The van der Waals surface area contributed by atoms with E-state index in [1.165, 1.54) is 15.6 Å². The number of ether oxygens (including phenoxy) is 1. The zero-order valence-electron chi connectivity index (χ0n) is 16.7. The van der Waals surface area contributed by atoms with Gasteiger partial charge in [-0.3, -0.25) is 9.78 Å². The van der Waals surface area contributed by atoms with Crippen LogP contribution in [0.5, 0.6) is 0 Å². The molecule has 31 heavy (non-hydrogen) atoms. The van der Waals surface area contributed by atoms with Crippen molar-refractivity contribution in [2.24, 2.45) is 0 Å². The van der Waals surface area contributed by atoms with E-state index in [2.05, 4.69) is 15.3 Å². The van der Waals surface area contributed by atoms with Gasteiger partial charge < -0.3 is 10.1 Å². The number of nitrogens with one attached hydrogen (secondary N) is 1. The van der Waals surface area contributed by atoms with Gasteiger partial charge in [0.25, 0.3) is 0 Å². The van der Waals surface area contributed by atoms with Crippen LogP contribution in [0, 0.1) is 0 Å². The van der Waals surface area contributed by atoms with Crippen LogP contribution in [0.15, 0.2) is 59.1 Å². The molecule has 1 amide bonds. The normalized spacial score (nSPS) is 15.0. The van der Waals surface area contributed by atoms with Crippen molar-refractivity contribution in [3.63, 3.8) is 0 Å². The van der Waals surface area contributed by atoms with Crippen molar-refractivity contribution < 1.29 is 17.9 Å². The number of morpholine rings is 1. The molecule has 0 spiro atoms. The van der Waals surface area contributed by atoms with Gasteiger partial charge >= 0.3 is 0 Å². The maximum absolute atomic E-state index is 12.7. The quantitative estimate of drug-likeness (QED) is 0.582. The van der Waals surface area contributed by atoms with E-state index >= 15 is 0 Å². The molecule has 3 heterocycles. The summed E-state index contributed by atoms with van der Waals surface area (Å²) < 4.78 is 32.0. The maximum Gasteiger partial charge on any atom is 0.243 e. The smallest absolute Gasteiger partial charge is 0.243 e. The Morgan fingerprint density at radius 3 is 2.65 bits per heavy atom. The lowest BCUT2D eigenvalue weighted by Gasteiger charge is -2.26. The highest BCUT2D eigenvalue weighted by molar-refractivity contribution is 7.89. The highest BCUT2D eigenvalue weighted by Crippen LogP contribution is 2.23. The molecule has 3 aromatic rings. The standard InChI is InChI=1S/C21H22N4O4S2/c26-20(12-18-15-30-21(24-18)17-2-1-7-22-14-17)23-13-16-3-5-19(6-4-16)31(27,28)25-8-10-29-11-9-25/h1-7,14-15H,8-13H2,(H,23,26). The fourth-order valence-corrected chi connectivity index (χ4v) is 5.37. The number of amides is 1. The Morgan fingerprint density at radius 2 is 1.94 bits per heavy atom. The zero-order chi connectivity index (χ0) is 21.7. The summed E-state index contributed by atoms with van der Waals surface area (Å²) in [5.41, 5.74) is 2.45. The van der Waals surface area contributed by atoms with Crippen molar-refractivity contribution in [3.05, 3.63) is 65.4 Å². The van der Waals surface area contributed by atoms with Crippen LogP contribution in [0.2, 0.25) is 0 Å². The predicted octanol–water partition coefficient (Wildman–Crippen LogP) is 2.08. The second kappa shape index (κ2) is 9.65. The van der Waals surface area contributed by atoms with Crippen LogP contribution in [0.4, 0.5) is 0 Å². The van der Waals surface area contributed by atoms with Crippen molar-refractivity contribution in [1.29, 1.82) is 0 Å². The largest absolute Gasteiger partial charge is 0.379 e. The van der Waals surface area contributed by atoms with E-state index < -0.39 is 10.0 Å². The molecule has 1 aromatic carbocycles. The number of carbonyl (C=O) groups excluding carboxylic acids is 1. The maximum atomic E-state index is 12.7. The number of sulfonamides is 1. The van der Waals surface area contributed by atoms with Crippen LogP contribution >= 0.6 is 11.3 Å². The molecule has 0 unspecified atom stereocenters. The van der Waals surface area contributed by atoms with E-state index in [0.717, 1.165) is 16.1 Å². The van der Waals surface area contributed by atoms with Crippen molar-refractivity contribution >= 4 is 27.3 Å². The average molecular weight is 459 g/mol. The van der Waals surface area contributed by atoms with Crippen LogP contribution in [0.3, 0.4) is 0 Å². The lowest BCUT2D eigenvalue weighted by molar-refractivity contribution is -0.120. The van der Waals surface area contributed by atoms with E-state index in [-0.39, 0.29) is 17.2 Å². The Bertz CT molecular complexity index is 1130. The molecule has 4 rings (SSSR count). The minimum atomic E-state index is -3.52. The van der Waals surface area contributed by atoms with E-state index in [1.54, 1.807) is 36.7 Å². The van der Waals surface area contributed by atoms with Gasteiger partial charge in [-0.25, -0.2) is 13.4 Å². The molecule has 0 bridgehead atoms. The molecule has 1 N–H and O–H groups in total. The number of hydrogen-bond donors (Lipinski definition) is 1. The van der Waals surface area contributed by atoms with E-state index in [0.29, 0.717) is 38.5 Å². The molecule has 1 aliphatic rings. The van der Waals surface area contributed by atoms with Gasteiger partial charge in [0.15, 0.2) is 0 Å². The molecule has 0 atom stereocenters. The minimum Gasteiger partial charge on any atom is -0.379 e. The van der Waals surface area contributed by atoms with Gasteiger partial charge in [-0.1, -0.05) is 12.1 Å². The fraction of sp³-hybridized carbons (Fsp3) is 0.286. The second-order valence-corrected chi connectivity index (χ2v) is 9.80. The molecule has 0 saturated carbocycles. The predicted molar refractivity (Wildman–Crippen MR) is 117 cm³/mol. The summed E-state index contributed by atoms with van der Waals surface area (Å²) in [6.45, 7) is 1.85. The van der Waals surface area contributed by atoms with Gasteiger partial charge in [0.05, 0.1) is 30.2 Å². The van der Waals surface area contributed by atoms with Crippen molar-refractivity contribution in [3.8, 4) is 10.6 Å². The van der Waals surface area contributed by atoms with Crippen LogP contribution in [0.25, 0.3) is 10.6 Å². The van der Waals surface area contributed by atoms with Crippen molar-refractivity contribution in [1.82, 2.24) is 19.6 Å². The monoisotopic (exact) mass is 458 g/mol. The first-order chi connectivity index (χ1) is 15.0. The number of benzene rings is 1. The first-order valence-corrected chi connectivity index (χ1v) is 12.1. The summed E-state index contributed by atoms with van der Waals surface area (Å²) >= 11 is 1.47. The summed E-state index contributed by atoms with van der Waals surface area (Å²) in [6.07, 6.45) is 3.63. The Balaban J connectivity index is 1.31. The summed E-state index contributed by atoms with van der Waals surface area (Å²) in [4.78, 5) is 21.1. The molecule has 1 fully saturated rings. The Labute approximate surface area is 185 Å². The lowest BCUT2D eigenvalue weighted by atomic mass is 10.2. The molecule has 0 radical (unpaired) electrons. The van der Waals surface area contributed by atoms with Gasteiger partial charge in [0, 0.05) is 43.0 Å². The van der Waals surface area contributed by atoms with E-state index in [4.69, 9.17) is 4.74 Å². The second-order valence-electron chi connectivity index (χ2n) is 7.00. The molecule has 2 aromatic heterocycles. The number of thiazole rings is 1. The SMILES string of the molecule is O=C(Cc1csc(-c2cccnc2)n1)NCc1ccc(S(=O)(=O)N2CCOCC2)cc1. The van der Waals surface area contributed by atoms with Gasteiger partial charge in [-0.05, 0) is 29.8 Å². The highest BCUT2D eigenvalue weighted by atomic mass is 32.2. The molecular weight excluding hydrogens is 436 g/mol. The Hall–Kier alpha value is -2.66. The lowest BCUT2D eigenvalue weighted by Crippen LogP contribution is -2.40. The zero-order valence-corrected chi connectivity index (χ0v) is 18.4. The van der Waals surface area contributed by atoms with Crippen molar-refractivity contribution in [2.75, 3.05) is 26.3 Å². The first-order valence-electron chi connectivity index (χ1n) is 9.81. The third-order valence-corrected chi connectivity index (χ3v) is 7.68. The average Bonchev–Trinajstić information content (AvgIpc) is 3.27. The molecule has 162 valence electrons. The molecule has 0 aliphatic carbocycles. The summed E-state index contributed by atoms with van der Waals surface area (Å²) in [6, 6.07) is 10.4. The number of carbonyl (C=O) groups is 1. The summed E-state index contributed by atoms with van der Waals surface area (Å²) in [5, 5.41) is 5.55. The van der Waals surface area contributed by atoms with Crippen LogP contribution in [-0.2, 0) is 32.5 Å². The molecule has 8 nitrogen and oxygen atoms in total. The molecule has 1 saturated heterocycles. The molecular formula is C21H22N4O4S2. The number of pyridine rings is 1. The summed E-state index contributed by atoms with van der Waals surface area (Å²) in [5.74, 6) is -0.145. The van der Waals surface area contributed by atoms with Crippen molar-refractivity contribution in [2.45, 2.75) is 17.9 Å². The Morgan fingerprint density at radius 1 is 1.16 bits per heavy atom. The van der Waals surface area contributed by atoms with Crippen LogP contribution in [-0.4, -0.2) is 54.9 Å². The number of rotatable bonds is 7. The van der Waals surface area contributed by atoms with Gasteiger partial charge in [0.1, 0.15) is 5.01 Å². The van der Waals surface area contributed by atoms with E-state index in [9.17, 15) is 13.2 Å². The van der Waals surface area contributed by atoms with Crippen LogP contribution < -0.4 is 5.32 Å². The van der Waals surface area contributed by atoms with E-state index in [1.807, 2.05) is 17.5 Å². The Kier molecular flexibility index (Phi) is 6.71. The third kappa shape index (κ3) is 5.34. The number of nitrogens with zero attached hydrogens (tertiary/aromatic N) is 3. The molecule has 10 heteroatoms.